The largest absolute Gasteiger partial charge is 0.462 e. The summed E-state index contributed by atoms with van der Waals surface area (Å²) in [6.07, 6.45) is 10.7. The maximum atomic E-state index is 14.6. The average Bonchev–Trinajstić information content (AvgIpc) is 3.30. The summed E-state index contributed by atoms with van der Waals surface area (Å²) >= 11 is 0. The third-order valence-electron chi connectivity index (χ3n) is 15.0. The number of hydrogen-bond donors (Lipinski definition) is 3. The van der Waals surface area contributed by atoms with Crippen molar-refractivity contribution in [2.75, 3.05) is 27.9 Å². The van der Waals surface area contributed by atoms with Crippen molar-refractivity contribution in [3.63, 3.8) is 0 Å². The second-order valence-corrected chi connectivity index (χ2v) is 20.4. The van der Waals surface area contributed by atoms with Gasteiger partial charge in [0.2, 0.25) is 5.79 Å². The molecule has 3 fully saturated rings. The van der Waals surface area contributed by atoms with Gasteiger partial charge >= 0.3 is 11.9 Å². The number of aliphatic hydroxyl groups is 3. The minimum atomic E-state index is -2.44. The number of aliphatic hydroxyl groups excluding tert-OH is 2. The molecule has 4 rings (SSSR count). The van der Waals surface area contributed by atoms with E-state index in [-0.39, 0.29) is 49.0 Å². The molecule has 0 aromatic carbocycles. The third-order valence-corrected chi connectivity index (χ3v) is 15.0. The van der Waals surface area contributed by atoms with Gasteiger partial charge in [0.25, 0.3) is 11.7 Å². The Morgan fingerprint density at radius 3 is 2.24 bits per heavy atom. The Morgan fingerprint density at radius 1 is 0.853 bits per heavy atom. The van der Waals surface area contributed by atoms with Crippen LogP contribution in [0.15, 0.2) is 47.6 Å². The molecule has 15 heteroatoms. The summed E-state index contributed by atoms with van der Waals surface area (Å²) in [4.78, 5) is 71.0. The smallest absolute Gasteiger partial charge is 0.329 e. The molecule has 2 saturated heterocycles. The number of rotatable bonds is 7. The van der Waals surface area contributed by atoms with E-state index in [9.17, 15) is 39.3 Å². The number of fused-ring (bicyclic) bond motifs is 3. The van der Waals surface area contributed by atoms with Crippen LogP contribution < -0.4 is 0 Å². The highest BCUT2D eigenvalue weighted by molar-refractivity contribution is 6.39. The predicted octanol–water partition coefficient (Wildman–Crippen LogP) is 6.54. The molecule has 0 aromatic heterocycles. The second kappa shape index (κ2) is 26.6. The van der Waals surface area contributed by atoms with Gasteiger partial charge in [-0.25, -0.2) is 4.79 Å². The fourth-order valence-corrected chi connectivity index (χ4v) is 10.6. The van der Waals surface area contributed by atoms with Gasteiger partial charge in [-0.15, -0.1) is 0 Å². The van der Waals surface area contributed by atoms with Gasteiger partial charge in [-0.05, 0) is 107 Å². The van der Waals surface area contributed by atoms with Crippen molar-refractivity contribution in [1.29, 1.82) is 0 Å². The number of hydrogen-bond acceptors (Lipinski definition) is 14. The number of methoxy groups -OCH3 is 3. The molecule has 1 saturated carbocycles. The first-order chi connectivity index (χ1) is 32.1. The molecule has 0 radical (unpaired) electrons. The lowest BCUT2D eigenvalue weighted by Crippen LogP contribution is -2.61. The highest BCUT2D eigenvalue weighted by Gasteiger charge is 2.53. The number of ether oxygens (including phenoxy) is 6. The quantitative estimate of drug-likeness (QED) is 0.141. The van der Waals surface area contributed by atoms with Crippen LogP contribution in [0.3, 0.4) is 0 Å². The first-order valence-corrected chi connectivity index (χ1v) is 25.0. The zero-order valence-corrected chi connectivity index (χ0v) is 42.6. The predicted molar refractivity (Wildman–Crippen MR) is 256 cm³/mol. The number of esters is 2. The van der Waals surface area contributed by atoms with Gasteiger partial charge in [-0.3, -0.25) is 19.2 Å². The third kappa shape index (κ3) is 15.2. The van der Waals surface area contributed by atoms with Gasteiger partial charge in [-0.2, -0.15) is 0 Å². The van der Waals surface area contributed by atoms with Gasteiger partial charge in [-0.1, -0.05) is 71.1 Å². The maximum absolute atomic E-state index is 14.6. The topological polar surface area (TPSA) is 205 Å². The molecule has 16 atom stereocenters. The number of Topliss-reactive ketones (excluding diaryl/α,β-unsaturated/α-hetero) is 2. The minimum absolute atomic E-state index is 0.0118. The van der Waals surface area contributed by atoms with Crippen LogP contribution in [0.5, 0.6) is 0 Å². The van der Waals surface area contributed by atoms with Crippen LogP contribution >= 0.6 is 0 Å². The lowest BCUT2D eigenvalue weighted by molar-refractivity contribution is -0.265. The van der Waals surface area contributed by atoms with Crippen LogP contribution in [-0.4, -0.2) is 138 Å². The van der Waals surface area contributed by atoms with Gasteiger partial charge in [0.15, 0.2) is 5.78 Å². The number of piperidine rings is 1. The number of nitrogens with zero attached hydrogens (tertiary/aromatic N) is 1. The number of cyclic esters (lactones) is 1. The zero-order valence-electron chi connectivity index (χ0n) is 42.6. The first kappa shape index (κ1) is 57.0. The van der Waals surface area contributed by atoms with Crippen molar-refractivity contribution >= 4 is 29.4 Å². The molecule has 3 N–H and O–H groups in total. The number of carbonyl (C=O) groups is 5. The molecule has 1 amide bonds. The SMILES string of the molecule is CO[C@H]1C[C@@H]2CC[C@@H](C)[C@@](O)(O2)C(=O)C(=O)N2CCCC[C@H]2C(=O)O[C@H]([C@H](C)C[C@H]2CC[C@H](O)[C@@H](OC)C2)C[C@@H](OC(C)=O)[C@H](C)/C=C(\C)[C@@H](O)[C@@H](OC)C(=O)[C@H](C)C[C@H](C)/C=C/C=C/C=C/1C. The van der Waals surface area contributed by atoms with Crippen molar-refractivity contribution < 1.29 is 67.7 Å². The molecule has 0 unspecified atom stereocenters. The summed E-state index contributed by atoms with van der Waals surface area (Å²) in [5, 5.41) is 34.2. The van der Waals surface area contributed by atoms with Crippen molar-refractivity contribution in [3.8, 4) is 0 Å². The Hall–Kier alpha value is -3.57. The zero-order chi connectivity index (χ0) is 50.5. The minimum Gasteiger partial charge on any atom is -0.462 e. The van der Waals surface area contributed by atoms with E-state index in [2.05, 4.69) is 0 Å². The molecule has 2 bridgehead atoms. The summed E-state index contributed by atoms with van der Waals surface area (Å²) in [5.41, 5.74) is 1.31. The average molecular weight is 958 g/mol. The van der Waals surface area contributed by atoms with Crippen molar-refractivity contribution in [2.24, 2.45) is 35.5 Å². The molecular formula is C53H83NO14. The Kier molecular flexibility index (Phi) is 22.3. The van der Waals surface area contributed by atoms with Crippen LogP contribution in [0.1, 0.15) is 132 Å². The van der Waals surface area contributed by atoms with E-state index >= 15 is 0 Å². The van der Waals surface area contributed by atoms with Crippen LogP contribution in [0.25, 0.3) is 0 Å². The van der Waals surface area contributed by atoms with Crippen LogP contribution in [0.2, 0.25) is 0 Å². The Bertz CT molecular complexity index is 1830. The number of amides is 1. The lowest BCUT2D eigenvalue weighted by atomic mass is 9.78. The standard InChI is InChI=1S/C53H83NO14/c1-31-17-13-12-14-18-32(2)43(63-9)29-40-22-20-37(7)53(62,68-40)50(59)51(60)54-24-16-15-19-41(54)52(61)67-45(34(4)27-39-21-23-42(56)46(28-39)64-10)30-44(66-38(8)55)33(3)26-36(6)48(58)49(65-11)47(57)35(5)25-31/h12-14,17-18,26,31,33-35,37,39-46,48-49,56,58,62H,15-16,19-25,27-30H2,1-11H3/b14-12+,17-13+,32-18+,36-26+/t31-,33-,34-,35-,37-,39-,40+,41+,42+,43+,44-,45+,46+,48-,49+,53-/m1/s1. The van der Waals surface area contributed by atoms with Gasteiger partial charge in [0, 0.05) is 65.4 Å². The van der Waals surface area contributed by atoms with Crippen molar-refractivity contribution in [3.05, 3.63) is 47.6 Å². The molecule has 4 aliphatic rings. The van der Waals surface area contributed by atoms with E-state index in [1.165, 1.54) is 18.9 Å². The summed E-state index contributed by atoms with van der Waals surface area (Å²) in [6.45, 7) is 14.2. The van der Waals surface area contributed by atoms with E-state index in [4.69, 9.17) is 28.4 Å². The van der Waals surface area contributed by atoms with Gasteiger partial charge < -0.3 is 48.6 Å². The highest BCUT2D eigenvalue weighted by atomic mass is 16.6. The second-order valence-electron chi connectivity index (χ2n) is 20.4. The van der Waals surface area contributed by atoms with Gasteiger partial charge in [0.1, 0.15) is 30.5 Å². The van der Waals surface area contributed by atoms with E-state index in [0.29, 0.717) is 63.4 Å². The number of allylic oxidation sites excluding steroid dienone is 5. The lowest BCUT2D eigenvalue weighted by Gasteiger charge is -2.43. The molecule has 3 heterocycles. The summed E-state index contributed by atoms with van der Waals surface area (Å²) in [5.74, 6) is -8.05. The van der Waals surface area contributed by atoms with E-state index in [0.717, 1.165) is 12.0 Å². The summed E-state index contributed by atoms with van der Waals surface area (Å²) in [7, 11) is 4.54. The van der Waals surface area contributed by atoms with E-state index in [1.54, 1.807) is 34.1 Å². The fraction of sp³-hybridized carbons (Fsp3) is 0.755. The Labute approximate surface area is 405 Å². The molecule has 384 valence electrons. The molecule has 15 nitrogen and oxygen atoms in total. The molecule has 68 heavy (non-hydrogen) atoms. The van der Waals surface area contributed by atoms with E-state index < -0.39 is 95.9 Å². The van der Waals surface area contributed by atoms with Crippen molar-refractivity contribution in [2.45, 2.75) is 193 Å². The molecular weight excluding hydrogens is 875 g/mol. The highest BCUT2D eigenvalue weighted by Crippen LogP contribution is 2.38. The molecule has 0 spiro atoms. The maximum Gasteiger partial charge on any atom is 0.329 e. The van der Waals surface area contributed by atoms with E-state index in [1.807, 2.05) is 65.0 Å². The molecule has 0 aromatic rings. The summed E-state index contributed by atoms with van der Waals surface area (Å²) < 4.78 is 35.6. The van der Waals surface area contributed by atoms with Gasteiger partial charge in [0.05, 0.1) is 24.4 Å². The van der Waals surface area contributed by atoms with Crippen LogP contribution in [0.4, 0.5) is 0 Å². The monoisotopic (exact) mass is 958 g/mol. The fourth-order valence-electron chi connectivity index (χ4n) is 10.6. The molecule has 3 aliphatic heterocycles. The van der Waals surface area contributed by atoms with Crippen molar-refractivity contribution in [1.82, 2.24) is 4.90 Å². The molecule has 1 aliphatic carbocycles. The summed E-state index contributed by atoms with van der Waals surface area (Å²) in [6, 6.07) is -1.14. The number of carbonyl (C=O) groups excluding carboxylic acids is 5. The Balaban J connectivity index is 1.76. The first-order valence-electron chi connectivity index (χ1n) is 25.0. The van der Waals surface area contributed by atoms with Crippen LogP contribution in [-0.2, 0) is 52.4 Å². The van der Waals surface area contributed by atoms with Crippen LogP contribution in [0, 0.1) is 35.5 Å². The number of ketones is 2. The normalized spacial score (nSPS) is 40.1. The Morgan fingerprint density at radius 2 is 1.57 bits per heavy atom.